The van der Waals surface area contributed by atoms with Crippen LogP contribution in [-0.4, -0.2) is 64.9 Å². The summed E-state index contributed by atoms with van der Waals surface area (Å²) in [6.45, 7) is 2.06. The molecule has 1 atom stereocenters. The van der Waals surface area contributed by atoms with Crippen LogP contribution in [0.25, 0.3) is 16.8 Å². The van der Waals surface area contributed by atoms with Crippen molar-refractivity contribution < 1.29 is 14.3 Å². The summed E-state index contributed by atoms with van der Waals surface area (Å²) in [6, 6.07) is 7.95. The molecule has 2 aliphatic rings. The Hall–Kier alpha value is -3.57. The summed E-state index contributed by atoms with van der Waals surface area (Å²) >= 11 is 0. The minimum Gasteiger partial charge on any atom is -0.475 e. The summed E-state index contributed by atoms with van der Waals surface area (Å²) in [4.78, 5) is 19.0. The smallest absolute Gasteiger partial charge is 0.223 e. The molecule has 0 unspecified atom stereocenters. The molecule has 1 N–H and O–H groups in total. The summed E-state index contributed by atoms with van der Waals surface area (Å²) < 4.78 is 12.8. The Kier molecular flexibility index (Phi) is 5.18. The summed E-state index contributed by atoms with van der Waals surface area (Å²) in [5, 5.41) is 7.89. The second-order valence-electron chi connectivity index (χ2n) is 7.64. The van der Waals surface area contributed by atoms with E-state index in [1.807, 2.05) is 23.2 Å². The molecule has 8 heteroatoms. The van der Waals surface area contributed by atoms with Crippen LogP contribution in [-0.2, 0) is 9.53 Å². The van der Waals surface area contributed by atoms with E-state index in [9.17, 15) is 4.79 Å². The van der Waals surface area contributed by atoms with E-state index in [1.54, 1.807) is 23.9 Å². The Balaban J connectivity index is 1.60. The maximum absolute atomic E-state index is 12.4. The highest BCUT2D eigenvalue weighted by Crippen LogP contribution is 2.29. The number of rotatable bonds is 1. The first-order chi connectivity index (χ1) is 15.2. The van der Waals surface area contributed by atoms with Gasteiger partial charge in [0, 0.05) is 55.7 Å². The fourth-order valence-corrected chi connectivity index (χ4v) is 4.08. The number of carbonyl (C=O) groups excluding carboxylic acids is 1. The SMILES string of the molecule is COCC#Cc1cc2cc(c1)-c1cnn3ccc(nc13)OC[C@@H]1CCC(=O)N1CCN2. The van der Waals surface area contributed by atoms with E-state index < -0.39 is 0 Å². The van der Waals surface area contributed by atoms with Gasteiger partial charge in [-0.1, -0.05) is 11.8 Å². The molecule has 158 valence electrons. The largest absolute Gasteiger partial charge is 0.475 e. The van der Waals surface area contributed by atoms with E-state index in [0.717, 1.165) is 28.8 Å². The fourth-order valence-electron chi connectivity index (χ4n) is 4.08. The van der Waals surface area contributed by atoms with Gasteiger partial charge >= 0.3 is 0 Å². The monoisotopic (exact) mass is 417 g/mol. The topological polar surface area (TPSA) is 81.0 Å². The number of aromatic nitrogens is 3. The lowest BCUT2D eigenvalue weighted by molar-refractivity contribution is -0.129. The molecule has 31 heavy (non-hydrogen) atoms. The number of hydrogen-bond acceptors (Lipinski definition) is 6. The van der Waals surface area contributed by atoms with Gasteiger partial charge in [0.15, 0.2) is 5.65 Å². The highest BCUT2D eigenvalue weighted by Gasteiger charge is 2.31. The van der Waals surface area contributed by atoms with Gasteiger partial charge in [-0.3, -0.25) is 4.79 Å². The first-order valence-electron chi connectivity index (χ1n) is 10.3. The van der Waals surface area contributed by atoms with Gasteiger partial charge in [-0.25, -0.2) is 4.52 Å². The number of hydrogen-bond donors (Lipinski definition) is 1. The summed E-state index contributed by atoms with van der Waals surface area (Å²) in [5.74, 6) is 6.86. The van der Waals surface area contributed by atoms with E-state index in [1.165, 1.54) is 0 Å². The molecule has 1 fully saturated rings. The number of anilines is 1. The Morgan fingerprint density at radius 1 is 1.35 bits per heavy atom. The van der Waals surface area contributed by atoms with Crippen LogP contribution < -0.4 is 10.1 Å². The average molecular weight is 417 g/mol. The first kappa shape index (κ1) is 19.4. The number of ether oxygens (including phenoxy) is 2. The number of fused-ring (bicyclic) bond motifs is 5. The van der Waals surface area contributed by atoms with Crippen molar-refractivity contribution >= 4 is 17.2 Å². The fraction of sp³-hybridized carbons (Fsp3) is 0.348. The van der Waals surface area contributed by atoms with Gasteiger partial charge in [-0.05, 0) is 30.2 Å². The minimum absolute atomic E-state index is 0.0569. The molecule has 1 saturated heterocycles. The predicted octanol–water partition coefficient (Wildman–Crippen LogP) is 2.19. The molecule has 1 aromatic carbocycles. The Morgan fingerprint density at radius 2 is 2.29 bits per heavy atom. The molecule has 1 amide bonds. The van der Waals surface area contributed by atoms with Crippen molar-refractivity contribution in [3.63, 3.8) is 0 Å². The van der Waals surface area contributed by atoms with Gasteiger partial charge in [0.2, 0.25) is 11.8 Å². The predicted molar refractivity (Wildman–Crippen MR) is 116 cm³/mol. The standard InChI is InChI=1S/C23H23N5O3/c1-30-10-2-3-16-11-17-13-18(12-16)24-7-9-27-19(4-5-22(27)29)15-31-21-6-8-28-23(26-21)20(17)14-25-28/h6,8,11-14,19,24H,4-5,7,9-10,15H2,1H3/t19-/m0/s1. The lowest BCUT2D eigenvalue weighted by atomic mass is 10.0. The van der Waals surface area contributed by atoms with Crippen LogP contribution in [0.5, 0.6) is 5.88 Å². The van der Waals surface area contributed by atoms with Crippen molar-refractivity contribution in [3.8, 4) is 28.8 Å². The number of carbonyl (C=O) groups is 1. The molecule has 2 aromatic heterocycles. The maximum Gasteiger partial charge on any atom is 0.223 e. The van der Waals surface area contributed by atoms with Crippen LogP contribution >= 0.6 is 0 Å². The number of nitrogens with one attached hydrogen (secondary N) is 1. The van der Waals surface area contributed by atoms with Crippen LogP contribution in [0, 0.1) is 11.8 Å². The van der Waals surface area contributed by atoms with E-state index in [0.29, 0.717) is 44.3 Å². The van der Waals surface area contributed by atoms with Crippen molar-refractivity contribution in [2.75, 3.05) is 38.7 Å². The van der Waals surface area contributed by atoms with Crippen LogP contribution in [0.15, 0.2) is 36.7 Å². The maximum atomic E-state index is 12.4. The molecule has 0 spiro atoms. The lowest BCUT2D eigenvalue weighted by Crippen LogP contribution is -2.40. The molecule has 3 aromatic rings. The summed E-state index contributed by atoms with van der Waals surface area (Å²) in [6.07, 6.45) is 5.00. The average Bonchev–Trinajstić information content (AvgIpc) is 3.35. The number of methoxy groups -OCH3 is 1. The van der Waals surface area contributed by atoms with Gasteiger partial charge in [0.1, 0.15) is 13.2 Å². The second kappa shape index (κ2) is 8.28. The molecule has 0 aliphatic carbocycles. The van der Waals surface area contributed by atoms with Crippen LogP contribution in [0.3, 0.4) is 0 Å². The third kappa shape index (κ3) is 3.92. The lowest BCUT2D eigenvalue weighted by Gasteiger charge is -2.25. The third-order valence-corrected chi connectivity index (χ3v) is 5.59. The molecular weight excluding hydrogens is 394 g/mol. The van der Waals surface area contributed by atoms with E-state index in [4.69, 9.17) is 14.5 Å². The summed E-state index contributed by atoms with van der Waals surface area (Å²) in [7, 11) is 1.62. The molecule has 0 saturated carbocycles. The van der Waals surface area contributed by atoms with Gasteiger partial charge in [0.05, 0.1) is 12.2 Å². The Labute approximate surface area is 180 Å². The number of benzene rings is 1. The first-order valence-corrected chi connectivity index (χ1v) is 10.3. The van der Waals surface area contributed by atoms with E-state index in [2.05, 4.69) is 28.3 Å². The number of amides is 1. The van der Waals surface area contributed by atoms with E-state index in [-0.39, 0.29) is 11.9 Å². The zero-order valence-corrected chi connectivity index (χ0v) is 17.3. The van der Waals surface area contributed by atoms with Crippen LogP contribution in [0.1, 0.15) is 18.4 Å². The third-order valence-electron chi connectivity index (χ3n) is 5.59. The number of nitrogens with zero attached hydrogens (tertiary/aromatic N) is 4. The van der Waals surface area contributed by atoms with Gasteiger partial charge in [-0.2, -0.15) is 10.1 Å². The van der Waals surface area contributed by atoms with Crippen molar-refractivity contribution in [1.82, 2.24) is 19.5 Å². The van der Waals surface area contributed by atoms with Crippen molar-refractivity contribution in [3.05, 3.63) is 42.2 Å². The highest BCUT2D eigenvalue weighted by atomic mass is 16.5. The van der Waals surface area contributed by atoms with E-state index >= 15 is 0 Å². The zero-order valence-electron chi connectivity index (χ0n) is 17.3. The summed E-state index contributed by atoms with van der Waals surface area (Å²) in [5.41, 5.74) is 4.37. The Bertz CT molecular complexity index is 1190. The Morgan fingerprint density at radius 3 is 3.19 bits per heavy atom. The van der Waals surface area contributed by atoms with Crippen molar-refractivity contribution in [1.29, 1.82) is 0 Å². The van der Waals surface area contributed by atoms with Crippen LogP contribution in [0.4, 0.5) is 5.69 Å². The van der Waals surface area contributed by atoms with Crippen LogP contribution in [0.2, 0.25) is 0 Å². The molecule has 8 nitrogen and oxygen atoms in total. The quantitative estimate of drug-likeness (QED) is 0.612. The molecule has 5 rings (SSSR count). The molecular formula is C23H23N5O3. The van der Waals surface area contributed by atoms with Crippen molar-refractivity contribution in [2.45, 2.75) is 18.9 Å². The van der Waals surface area contributed by atoms with Crippen molar-refractivity contribution in [2.24, 2.45) is 0 Å². The zero-order chi connectivity index (χ0) is 21.2. The van der Waals surface area contributed by atoms with Gasteiger partial charge < -0.3 is 19.7 Å². The molecule has 4 bridgehead atoms. The molecule has 2 aliphatic heterocycles. The highest BCUT2D eigenvalue weighted by molar-refractivity contribution is 5.81. The molecule has 0 radical (unpaired) electrons. The normalized spacial score (nSPS) is 18.0. The second-order valence-corrected chi connectivity index (χ2v) is 7.64. The van der Waals surface area contributed by atoms with Gasteiger partial charge in [-0.15, -0.1) is 0 Å². The van der Waals surface area contributed by atoms with Gasteiger partial charge in [0.25, 0.3) is 0 Å². The minimum atomic E-state index is 0.0569. The molecule has 4 heterocycles.